The van der Waals surface area contributed by atoms with Crippen LogP contribution in [0.15, 0.2) is 27.6 Å². The molecular formula is C10H12BrNO2S2. The third-order valence-corrected chi connectivity index (χ3v) is 5.18. The van der Waals surface area contributed by atoms with Gasteiger partial charge >= 0.3 is 6.09 Å². The van der Waals surface area contributed by atoms with Gasteiger partial charge in [-0.15, -0.1) is 0 Å². The zero-order valence-corrected chi connectivity index (χ0v) is 12.1. The van der Waals surface area contributed by atoms with Gasteiger partial charge in [0.25, 0.3) is 0 Å². The molecule has 0 aliphatic carbocycles. The van der Waals surface area contributed by atoms with Crippen LogP contribution in [0.4, 0.5) is 10.5 Å². The van der Waals surface area contributed by atoms with Crippen LogP contribution < -0.4 is 5.32 Å². The topological polar surface area (TPSA) is 49.3 Å². The van der Waals surface area contributed by atoms with Crippen molar-refractivity contribution < 1.29 is 9.90 Å². The van der Waals surface area contributed by atoms with Gasteiger partial charge in [0.05, 0.1) is 5.69 Å². The molecule has 1 aromatic rings. The molecule has 0 aliphatic rings. The van der Waals surface area contributed by atoms with Crippen LogP contribution in [0.25, 0.3) is 0 Å². The Morgan fingerprint density at radius 2 is 2.19 bits per heavy atom. The van der Waals surface area contributed by atoms with Crippen LogP contribution >= 0.6 is 37.5 Å². The lowest BCUT2D eigenvalue weighted by Crippen LogP contribution is -2.08. The number of carboxylic acid groups (broad SMARTS) is 1. The third kappa shape index (κ3) is 4.27. The van der Waals surface area contributed by atoms with Crippen molar-refractivity contribution in [3.05, 3.63) is 22.7 Å². The first-order valence-corrected chi connectivity index (χ1v) is 7.63. The van der Waals surface area contributed by atoms with Gasteiger partial charge in [-0.2, -0.15) is 0 Å². The highest BCUT2D eigenvalue weighted by Crippen LogP contribution is 2.41. The number of benzene rings is 1. The fraction of sp³-hybridized carbons (Fsp3) is 0.300. The Morgan fingerprint density at radius 3 is 2.75 bits per heavy atom. The van der Waals surface area contributed by atoms with Crippen LogP contribution in [0, 0.1) is 0 Å². The molecule has 16 heavy (non-hydrogen) atoms. The average Bonchev–Trinajstić information content (AvgIpc) is 2.18. The summed E-state index contributed by atoms with van der Waals surface area (Å²) in [7, 11) is 3.27. The van der Waals surface area contributed by atoms with E-state index in [-0.39, 0.29) is 0 Å². The largest absolute Gasteiger partial charge is 0.465 e. The number of anilines is 1. The summed E-state index contributed by atoms with van der Waals surface area (Å²) in [5.41, 5.74) is 0.605. The molecule has 3 nitrogen and oxygen atoms in total. The predicted molar refractivity (Wildman–Crippen MR) is 74.4 cm³/mol. The van der Waals surface area contributed by atoms with Crippen molar-refractivity contribution in [1.82, 2.24) is 0 Å². The number of nitrogens with one attached hydrogen (secondary N) is 1. The van der Waals surface area contributed by atoms with E-state index in [9.17, 15) is 4.79 Å². The van der Waals surface area contributed by atoms with Gasteiger partial charge < -0.3 is 5.11 Å². The third-order valence-electron chi connectivity index (χ3n) is 1.54. The lowest BCUT2D eigenvalue weighted by molar-refractivity contribution is 0.209. The Kier molecular flexibility index (Phi) is 5.51. The molecule has 6 heteroatoms. The maximum absolute atomic E-state index is 10.7. The van der Waals surface area contributed by atoms with Crippen molar-refractivity contribution >= 4 is 49.3 Å². The molecule has 2 N–H and O–H groups in total. The zero-order valence-electron chi connectivity index (χ0n) is 8.86. The van der Waals surface area contributed by atoms with E-state index >= 15 is 0 Å². The standard InChI is InChI=1S/C10H12BrNO2S2/c1-6(2)15-16-8-5-3-4-7(11)9(8)12-10(13)14/h3-6,12H,1-2H3,(H,13,14). The van der Waals surface area contributed by atoms with Crippen molar-refractivity contribution in [2.75, 3.05) is 5.32 Å². The molecule has 0 unspecified atom stereocenters. The Bertz CT molecular complexity index is 385. The quantitative estimate of drug-likeness (QED) is 0.790. The van der Waals surface area contributed by atoms with Crippen molar-refractivity contribution in [2.45, 2.75) is 24.0 Å². The molecule has 0 radical (unpaired) electrons. The molecule has 0 heterocycles. The molecule has 88 valence electrons. The van der Waals surface area contributed by atoms with E-state index in [0.717, 1.165) is 9.37 Å². The summed E-state index contributed by atoms with van der Waals surface area (Å²) in [6.45, 7) is 4.19. The van der Waals surface area contributed by atoms with Crippen molar-refractivity contribution in [3.8, 4) is 0 Å². The summed E-state index contributed by atoms with van der Waals surface area (Å²) in [5, 5.41) is 11.6. The molecule has 0 fully saturated rings. The Labute approximate surface area is 111 Å². The SMILES string of the molecule is CC(C)SSc1cccc(Br)c1NC(=O)O. The lowest BCUT2D eigenvalue weighted by atomic mass is 10.3. The van der Waals surface area contributed by atoms with Gasteiger partial charge in [-0.25, -0.2) is 4.79 Å². The first-order valence-electron chi connectivity index (χ1n) is 4.62. The second kappa shape index (κ2) is 6.42. The molecule has 1 aromatic carbocycles. The Morgan fingerprint density at radius 1 is 1.50 bits per heavy atom. The van der Waals surface area contributed by atoms with E-state index in [1.54, 1.807) is 21.6 Å². The zero-order chi connectivity index (χ0) is 12.1. The number of carbonyl (C=O) groups is 1. The molecule has 0 aromatic heterocycles. The maximum Gasteiger partial charge on any atom is 0.409 e. The lowest BCUT2D eigenvalue weighted by Gasteiger charge is -2.11. The Hall–Kier alpha value is -0.330. The van der Waals surface area contributed by atoms with Crippen molar-refractivity contribution in [3.63, 3.8) is 0 Å². The number of para-hydroxylation sites is 1. The average molecular weight is 322 g/mol. The minimum absolute atomic E-state index is 0.488. The highest BCUT2D eigenvalue weighted by molar-refractivity contribution is 9.10. The molecule has 0 saturated heterocycles. The van der Waals surface area contributed by atoms with E-state index in [1.807, 2.05) is 18.2 Å². The Balaban J connectivity index is 2.89. The van der Waals surface area contributed by atoms with Crippen molar-refractivity contribution in [1.29, 1.82) is 0 Å². The summed E-state index contributed by atoms with van der Waals surface area (Å²) in [5.74, 6) is 0. The molecule has 0 atom stereocenters. The van der Waals surface area contributed by atoms with Crippen LogP contribution in [-0.2, 0) is 0 Å². The summed E-state index contributed by atoms with van der Waals surface area (Å²) < 4.78 is 0.754. The van der Waals surface area contributed by atoms with Crippen LogP contribution in [0.1, 0.15) is 13.8 Å². The molecule has 1 amide bonds. The minimum Gasteiger partial charge on any atom is -0.465 e. The predicted octanol–water partition coefficient (Wildman–Crippen LogP) is 4.69. The van der Waals surface area contributed by atoms with E-state index in [0.29, 0.717) is 10.9 Å². The molecular weight excluding hydrogens is 310 g/mol. The van der Waals surface area contributed by atoms with Crippen molar-refractivity contribution in [2.24, 2.45) is 0 Å². The van der Waals surface area contributed by atoms with Gasteiger partial charge in [-0.3, -0.25) is 5.32 Å². The molecule has 0 spiro atoms. The van der Waals surface area contributed by atoms with E-state index in [2.05, 4.69) is 35.1 Å². The van der Waals surface area contributed by atoms with E-state index in [4.69, 9.17) is 5.11 Å². The first-order chi connectivity index (χ1) is 7.50. The highest BCUT2D eigenvalue weighted by Gasteiger charge is 2.10. The van der Waals surface area contributed by atoms with E-state index < -0.39 is 6.09 Å². The highest BCUT2D eigenvalue weighted by atomic mass is 79.9. The summed E-state index contributed by atoms with van der Waals surface area (Å²) >= 11 is 3.33. The van der Waals surface area contributed by atoms with Crippen LogP contribution in [0.3, 0.4) is 0 Å². The van der Waals surface area contributed by atoms with Crippen LogP contribution in [0.5, 0.6) is 0 Å². The maximum atomic E-state index is 10.7. The molecule has 0 saturated carbocycles. The number of hydrogen-bond acceptors (Lipinski definition) is 3. The molecule has 1 rings (SSSR count). The summed E-state index contributed by atoms with van der Waals surface area (Å²) in [4.78, 5) is 11.6. The monoisotopic (exact) mass is 321 g/mol. The normalized spacial score (nSPS) is 10.5. The molecule has 0 aliphatic heterocycles. The van der Waals surface area contributed by atoms with Gasteiger partial charge in [0.1, 0.15) is 0 Å². The number of rotatable bonds is 4. The van der Waals surface area contributed by atoms with Gasteiger partial charge in [0, 0.05) is 14.6 Å². The fourth-order valence-electron chi connectivity index (χ4n) is 0.950. The minimum atomic E-state index is -1.05. The van der Waals surface area contributed by atoms with Gasteiger partial charge in [0.2, 0.25) is 0 Å². The number of halogens is 1. The fourth-order valence-corrected chi connectivity index (χ4v) is 3.53. The number of amides is 1. The van der Waals surface area contributed by atoms with Crippen LogP contribution in [0.2, 0.25) is 0 Å². The molecule has 0 bridgehead atoms. The van der Waals surface area contributed by atoms with Gasteiger partial charge in [-0.1, -0.05) is 41.5 Å². The second-order valence-electron chi connectivity index (χ2n) is 3.27. The second-order valence-corrected chi connectivity index (χ2v) is 6.94. The summed E-state index contributed by atoms with van der Waals surface area (Å²) in [6.07, 6.45) is -1.05. The van der Waals surface area contributed by atoms with Gasteiger partial charge in [0.15, 0.2) is 0 Å². The first kappa shape index (κ1) is 13.7. The van der Waals surface area contributed by atoms with E-state index in [1.165, 1.54) is 0 Å². The van der Waals surface area contributed by atoms with Crippen LogP contribution in [-0.4, -0.2) is 16.4 Å². The smallest absolute Gasteiger partial charge is 0.409 e. The summed E-state index contributed by atoms with van der Waals surface area (Å²) in [6, 6.07) is 5.60. The van der Waals surface area contributed by atoms with Gasteiger partial charge in [-0.05, 0) is 28.1 Å². The number of hydrogen-bond donors (Lipinski definition) is 2.